The third-order valence-electron chi connectivity index (χ3n) is 6.39. The number of carbonyl (C=O) groups excluding carboxylic acids is 1. The average Bonchev–Trinajstić information content (AvgIpc) is 2.48. The molecule has 4 heteroatoms. The van der Waals surface area contributed by atoms with E-state index in [-0.39, 0.29) is 11.5 Å². The van der Waals surface area contributed by atoms with Crippen LogP contribution in [-0.4, -0.2) is 33.3 Å². The van der Waals surface area contributed by atoms with E-state index in [4.69, 9.17) is 9.73 Å². The van der Waals surface area contributed by atoms with Gasteiger partial charge in [0.25, 0.3) is 0 Å². The first-order valence-electron chi connectivity index (χ1n) is 9.24. The molecule has 0 saturated heterocycles. The zero-order valence-electron chi connectivity index (χ0n) is 17.9. The fourth-order valence-corrected chi connectivity index (χ4v) is 3.54. The van der Waals surface area contributed by atoms with Gasteiger partial charge in [-0.3, -0.25) is 9.79 Å². The number of ketones is 1. The van der Waals surface area contributed by atoms with Crippen molar-refractivity contribution in [1.29, 1.82) is 0 Å². The summed E-state index contributed by atoms with van der Waals surface area (Å²) in [6, 6.07) is 0. The van der Waals surface area contributed by atoms with Gasteiger partial charge in [0.15, 0.2) is 5.78 Å². The molecular formula is C22H33NO3. The van der Waals surface area contributed by atoms with Gasteiger partial charge in [0.05, 0.1) is 22.4 Å². The van der Waals surface area contributed by atoms with Crippen molar-refractivity contribution < 1.29 is 14.6 Å². The summed E-state index contributed by atoms with van der Waals surface area (Å²) >= 11 is 0. The van der Waals surface area contributed by atoms with Gasteiger partial charge in [-0.2, -0.15) is 0 Å². The van der Waals surface area contributed by atoms with Crippen LogP contribution in [0.4, 0.5) is 0 Å². The van der Waals surface area contributed by atoms with Crippen LogP contribution >= 0.6 is 0 Å². The number of allylic oxidation sites excluding steroid dienone is 2. The quantitative estimate of drug-likeness (QED) is 0.700. The van der Waals surface area contributed by atoms with E-state index in [1.807, 2.05) is 41.5 Å². The van der Waals surface area contributed by atoms with Crippen molar-refractivity contribution in [3.8, 4) is 0 Å². The lowest BCUT2D eigenvalue weighted by Crippen LogP contribution is -2.62. The molecule has 0 amide bonds. The van der Waals surface area contributed by atoms with Gasteiger partial charge >= 0.3 is 0 Å². The van der Waals surface area contributed by atoms with Crippen molar-refractivity contribution in [2.45, 2.75) is 92.4 Å². The smallest absolute Gasteiger partial charge is 0.165 e. The van der Waals surface area contributed by atoms with Crippen LogP contribution < -0.4 is 0 Å². The fourth-order valence-electron chi connectivity index (χ4n) is 3.54. The minimum atomic E-state index is -0.836. The summed E-state index contributed by atoms with van der Waals surface area (Å²) in [6.07, 6.45) is 0.612. The minimum absolute atomic E-state index is 0.0262. The van der Waals surface area contributed by atoms with Crippen molar-refractivity contribution in [2.24, 2.45) is 4.99 Å². The number of hydrogen-bond acceptors (Lipinski definition) is 4. The molecule has 1 heterocycles. The molecule has 1 unspecified atom stereocenters. The number of ether oxygens (including phenoxy) is 1. The number of carbonyl (C=O) groups is 1. The van der Waals surface area contributed by atoms with Gasteiger partial charge in [0, 0.05) is 6.42 Å². The molecule has 2 rings (SSSR count). The molecular weight excluding hydrogens is 326 g/mol. The lowest BCUT2D eigenvalue weighted by molar-refractivity contribution is -0.131. The lowest BCUT2D eigenvalue weighted by Gasteiger charge is -2.54. The zero-order chi connectivity index (χ0) is 20.2. The largest absolute Gasteiger partial charge is 0.507 e. The molecule has 4 nitrogen and oxygen atoms in total. The van der Waals surface area contributed by atoms with E-state index in [1.165, 1.54) is 18.1 Å². The lowest BCUT2D eigenvalue weighted by atomic mass is 9.69. The molecule has 0 aromatic heterocycles. The van der Waals surface area contributed by atoms with Crippen molar-refractivity contribution in [3.05, 3.63) is 33.6 Å². The minimum Gasteiger partial charge on any atom is -0.507 e. The summed E-state index contributed by atoms with van der Waals surface area (Å²) in [4.78, 5) is 17.5. The maximum Gasteiger partial charge on any atom is 0.165 e. The van der Waals surface area contributed by atoms with Gasteiger partial charge in [-0.05, 0) is 80.4 Å². The first-order chi connectivity index (χ1) is 11.7. The Hall–Kier alpha value is -1.68. The number of nitrogens with zero attached hydrogens (tertiary/aromatic N) is 1. The zero-order valence-corrected chi connectivity index (χ0v) is 17.9. The molecule has 1 aliphatic heterocycles. The SMILES string of the molecule is CC(=O)C1=C(O)C(C)=C(C)C2(CC(C)=C(C)C)OC(C)(C)C(C)(C)N=C12. The van der Waals surface area contributed by atoms with E-state index in [1.54, 1.807) is 0 Å². The molecule has 0 saturated carbocycles. The normalized spacial score (nSPS) is 27.1. The molecule has 0 bridgehead atoms. The van der Waals surface area contributed by atoms with Gasteiger partial charge in [-0.1, -0.05) is 11.1 Å². The topological polar surface area (TPSA) is 58.9 Å². The number of rotatable bonds is 3. The molecule has 26 heavy (non-hydrogen) atoms. The second-order valence-electron chi connectivity index (χ2n) is 8.95. The van der Waals surface area contributed by atoms with Crippen LogP contribution in [0.5, 0.6) is 0 Å². The van der Waals surface area contributed by atoms with E-state index in [2.05, 4.69) is 20.8 Å². The predicted octanol–water partition coefficient (Wildman–Crippen LogP) is 5.25. The highest BCUT2D eigenvalue weighted by Gasteiger charge is 2.57. The number of aliphatic hydroxyl groups is 1. The highest BCUT2D eigenvalue weighted by Crippen LogP contribution is 2.50. The van der Waals surface area contributed by atoms with E-state index < -0.39 is 16.7 Å². The molecule has 0 spiro atoms. The highest BCUT2D eigenvalue weighted by atomic mass is 16.5. The monoisotopic (exact) mass is 359 g/mol. The van der Waals surface area contributed by atoms with E-state index >= 15 is 0 Å². The number of Topliss-reactive ketones (excluding diaryl/α,β-unsaturated/α-hetero) is 1. The first-order valence-corrected chi connectivity index (χ1v) is 9.24. The summed E-state index contributed by atoms with van der Waals surface area (Å²) in [7, 11) is 0. The van der Waals surface area contributed by atoms with Gasteiger partial charge in [-0.15, -0.1) is 0 Å². The molecule has 1 atom stereocenters. The van der Waals surface area contributed by atoms with E-state index in [0.717, 1.165) is 5.57 Å². The Morgan fingerprint density at radius 3 is 2.08 bits per heavy atom. The Bertz CT molecular complexity index is 786. The van der Waals surface area contributed by atoms with Gasteiger partial charge in [0.1, 0.15) is 11.4 Å². The Morgan fingerprint density at radius 1 is 1.08 bits per heavy atom. The second kappa shape index (κ2) is 6.19. The molecule has 0 aromatic rings. The number of aliphatic imine (C=N–C) groups is 1. The van der Waals surface area contributed by atoms with Crippen LogP contribution in [0.3, 0.4) is 0 Å². The van der Waals surface area contributed by atoms with E-state index in [0.29, 0.717) is 23.3 Å². The molecule has 0 radical (unpaired) electrons. The fraction of sp³-hybridized carbons (Fsp3) is 0.636. The van der Waals surface area contributed by atoms with Gasteiger partial charge in [0.2, 0.25) is 0 Å². The first kappa shape index (κ1) is 20.6. The summed E-state index contributed by atoms with van der Waals surface area (Å²) in [6.45, 7) is 19.6. The van der Waals surface area contributed by atoms with Crippen molar-refractivity contribution in [3.63, 3.8) is 0 Å². The summed E-state index contributed by atoms with van der Waals surface area (Å²) in [5, 5.41) is 10.7. The van der Waals surface area contributed by atoms with Gasteiger partial charge < -0.3 is 9.84 Å². The van der Waals surface area contributed by atoms with Gasteiger partial charge in [-0.25, -0.2) is 0 Å². The van der Waals surface area contributed by atoms with E-state index in [9.17, 15) is 9.90 Å². The highest BCUT2D eigenvalue weighted by molar-refractivity contribution is 6.27. The number of aliphatic hydroxyl groups excluding tert-OH is 1. The van der Waals surface area contributed by atoms with Crippen LogP contribution in [0.15, 0.2) is 38.6 Å². The molecule has 144 valence electrons. The van der Waals surface area contributed by atoms with Crippen LogP contribution in [0.25, 0.3) is 0 Å². The summed E-state index contributed by atoms with van der Waals surface area (Å²) in [5.74, 6) is -0.162. The van der Waals surface area contributed by atoms with Crippen LogP contribution in [0.2, 0.25) is 0 Å². The maximum atomic E-state index is 12.5. The number of fused-ring (bicyclic) bond motifs is 1. The molecule has 0 aromatic carbocycles. The van der Waals surface area contributed by atoms with Crippen LogP contribution in [0, 0.1) is 0 Å². The second-order valence-corrected chi connectivity index (χ2v) is 8.95. The maximum absolute atomic E-state index is 12.5. The standard InChI is InChI=1S/C22H33NO3/c1-12(2)13(3)11-22-15(5)14(4)18(25)17(16(6)24)19(22)23-20(7,8)21(9,10)26-22/h25H,11H2,1-10H3. The van der Waals surface area contributed by atoms with Crippen LogP contribution in [0.1, 0.15) is 75.7 Å². The van der Waals surface area contributed by atoms with Crippen LogP contribution in [-0.2, 0) is 9.53 Å². The van der Waals surface area contributed by atoms with Crippen molar-refractivity contribution in [2.75, 3.05) is 0 Å². The summed E-state index contributed by atoms with van der Waals surface area (Å²) < 4.78 is 6.79. The molecule has 2 aliphatic rings. The Morgan fingerprint density at radius 2 is 1.62 bits per heavy atom. The Balaban J connectivity index is 2.92. The number of hydrogen-bond donors (Lipinski definition) is 1. The summed E-state index contributed by atoms with van der Waals surface area (Å²) in [5.41, 5.74) is 3.00. The molecule has 0 fully saturated rings. The third-order valence-corrected chi connectivity index (χ3v) is 6.39. The third kappa shape index (κ3) is 2.88. The van der Waals surface area contributed by atoms with Crippen molar-refractivity contribution >= 4 is 11.5 Å². The predicted molar refractivity (Wildman–Crippen MR) is 107 cm³/mol. The molecule has 1 aliphatic carbocycles. The Labute approximate surface area is 157 Å². The average molecular weight is 360 g/mol. The Kier molecular flexibility index (Phi) is 4.91. The molecule has 1 N–H and O–H groups in total. The van der Waals surface area contributed by atoms with Crippen molar-refractivity contribution in [1.82, 2.24) is 0 Å².